The van der Waals surface area contributed by atoms with E-state index in [4.69, 9.17) is 0 Å². The number of sulfonamides is 1. The van der Waals surface area contributed by atoms with Crippen LogP contribution < -0.4 is 10.0 Å². The van der Waals surface area contributed by atoms with Gasteiger partial charge in [0.25, 0.3) is 15.9 Å². The van der Waals surface area contributed by atoms with Crippen molar-refractivity contribution >= 4 is 27.3 Å². The highest BCUT2D eigenvalue weighted by Crippen LogP contribution is 2.20. The summed E-state index contributed by atoms with van der Waals surface area (Å²) in [5, 5.41) is 2.76. The number of para-hydroxylation sites is 1. The van der Waals surface area contributed by atoms with Crippen LogP contribution in [0.1, 0.15) is 15.9 Å². The lowest BCUT2D eigenvalue weighted by molar-refractivity contribution is 0.102. The molecule has 3 rings (SSSR count). The van der Waals surface area contributed by atoms with Crippen molar-refractivity contribution in [1.29, 1.82) is 0 Å². The van der Waals surface area contributed by atoms with E-state index in [-0.39, 0.29) is 16.1 Å². The van der Waals surface area contributed by atoms with Crippen molar-refractivity contribution in [3.05, 3.63) is 89.7 Å². The van der Waals surface area contributed by atoms with Gasteiger partial charge in [0.05, 0.1) is 10.6 Å². The van der Waals surface area contributed by atoms with Crippen molar-refractivity contribution in [2.75, 3.05) is 30.7 Å². The normalized spacial score (nSPS) is 11.4. The number of nitrogens with one attached hydrogen (secondary N) is 2. The Bertz CT molecular complexity index is 1160. The molecule has 31 heavy (non-hydrogen) atoms. The zero-order valence-electron chi connectivity index (χ0n) is 17.3. The molecule has 2 N–H and O–H groups in total. The van der Waals surface area contributed by atoms with E-state index in [0.29, 0.717) is 5.69 Å². The smallest absolute Gasteiger partial charge is 0.262 e. The van der Waals surface area contributed by atoms with Gasteiger partial charge in [-0.2, -0.15) is 0 Å². The van der Waals surface area contributed by atoms with Gasteiger partial charge >= 0.3 is 0 Å². The topological polar surface area (TPSA) is 78.5 Å². The van der Waals surface area contributed by atoms with Crippen LogP contribution in [0, 0.1) is 5.82 Å². The first kappa shape index (κ1) is 22.5. The summed E-state index contributed by atoms with van der Waals surface area (Å²) in [7, 11) is -0.0403. The molecule has 0 bridgehead atoms. The SMILES string of the molecule is CN(C)CCc1ccc(NC(=O)c2cccc(S(=O)(=O)Nc3ccccc3F)c2)cc1. The van der Waals surface area contributed by atoms with E-state index in [1.54, 1.807) is 0 Å². The van der Waals surface area contributed by atoms with Gasteiger partial charge < -0.3 is 10.2 Å². The molecule has 0 spiro atoms. The van der Waals surface area contributed by atoms with Gasteiger partial charge in [-0.1, -0.05) is 30.3 Å². The summed E-state index contributed by atoms with van der Waals surface area (Å²) < 4.78 is 41.3. The molecule has 0 radical (unpaired) electrons. The summed E-state index contributed by atoms with van der Waals surface area (Å²) in [6, 6.07) is 18.6. The number of carbonyl (C=O) groups excluding carboxylic acids is 1. The number of hydrogen-bond acceptors (Lipinski definition) is 4. The molecule has 0 aliphatic carbocycles. The van der Waals surface area contributed by atoms with Crippen LogP contribution in [0.25, 0.3) is 0 Å². The van der Waals surface area contributed by atoms with Gasteiger partial charge in [0.2, 0.25) is 0 Å². The van der Waals surface area contributed by atoms with Crippen LogP contribution in [-0.2, 0) is 16.4 Å². The van der Waals surface area contributed by atoms with Crippen molar-refractivity contribution in [2.45, 2.75) is 11.3 Å². The van der Waals surface area contributed by atoms with E-state index in [0.717, 1.165) is 24.6 Å². The summed E-state index contributed by atoms with van der Waals surface area (Å²) in [6.07, 6.45) is 0.899. The Morgan fingerprint density at radius 2 is 1.68 bits per heavy atom. The Hall–Kier alpha value is -3.23. The second-order valence-electron chi connectivity index (χ2n) is 7.32. The van der Waals surface area contributed by atoms with E-state index in [2.05, 4.69) is 14.9 Å². The summed E-state index contributed by atoms with van der Waals surface area (Å²) in [5.74, 6) is -1.13. The van der Waals surface area contributed by atoms with Crippen LogP contribution in [0.3, 0.4) is 0 Å². The Morgan fingerprint density at radius 3 is 2.35 bits per heavy atom. The molecule has 0 unspecified atom stereocenters. The van der Waals surface area contributed by atoms with E-state index in [9.17, 15) is 17.6 Å². The lowest BCUT2D eigenvalue weighted by Gasteiger charge is -2.11. The fourth-order valence-electron chi connectivity index (χ4n) is 2.86. The minimum atomic E-state index is -4.06. The summed E-state index contributed by atoms with van der Waals surface area (Å²) in [5.41, 5.74) is 1.77. The lowest BCUT2D eigenvalue weighted by Crippen LogP contribution is -2.16. The van der Waals surface area contributed by atoms with Crippen LogP contribution in [0.4, 0.5) is 15.8 Å². The first-order valence-electron chi connectivity index (χ1n) is 9.67. The van der Waals surface area contributed by atoms with Gasteiger partial charge in [-0.15, -0.1) is 0 Å². The predicted molar refractivity (Wildman–Crippen MR) is 120 cm³/mol. The second kappa shape index (κ2) is 9.72. The molecular weight excluding hydrogens is 417 g/mol. The maximum atomic E-state index is 13.8. The highest BCUT2D eigenvalue weighted by Gasteiger charge is 2.18. The molecule has 8 heteroatoms. The van der Waals surface area contributed by atoms with E-state index in [1.165, 1.54) is 42.5 Å². The van der Waals surface area contributed by atoms with Gasteiger partial charge in [-0.05, 0) is 68.5 Å². The molecule has 6 nitrogen and oxygen atoms in total. The van der Waals surface area contributed by atoms with Gasteiger partial charge in [0, 0.05) is 17.8 Å². The molecule has 0 heterocycles. The quantitative estimate of drug-likeness (QED) is 0.554. The summed E-state index contributed by atoms with van der Waals surface area (Å²) in [4.78, 5) is 14.6. The van der Waals surface area contributed by atoms with Gasteiger partial charge in [-0.3, -0.25) is 9.52 Å². The fraction of sp³-hybridized carbons (Fsp3) is 0.174. The molecule has 162 valence electrons. The second-order valence-corrected chi connectivity index (χ2v) is 9.00. The minimum Gasteiger partial charge on any atom is -0.322 e. The Morgan fingerprint density at radius 1 is 0.968 bits per heavy atom. The highest BCUT2D eigenvalue weighted by atomic mass is 32.2. The van der Waals surface area contributed by atoms with Gasteiger partial charge in [0.15, 0.2) is 0 Å². The number of amides is 1. The van der Waals surface area contributed by atoms with Crippen LogP contribution >= 0.6 is 0 Å². The molecule has 0 saturated carbocycles. The monoisotopic (exact) mass is 441 g/mol. The zero-order valence-corrected chi connectivity index (χ0v) is 18.1. The number of hydrogen-bond donors (Lipinski definition) is 2. The third-order valence-corrected chi connectivity index (χ3v) is 5.95. The van der Waals surface area contributed by atoms with E-state index >= 15 is 0 Å². The third-order valence-electron chi connectivity index (χ3n) is 4.58. The molecule has 0 aliphatic rings. The minimum absolute atomic E-state index is 0.137. The first-order valence-corrected chi connectivity index (χ1v) is 11.2. The largest absolute Gasteiger partial charge is 0.322 e. The molecule has 3 aromatic rings. The Balaban J connectivity index is 1.72. The van der Waals surface area contributed by atoms with Crippen molar-refractivity contribution in [1.82, 2.24) is 4.90 Å². The van der Waals surface area contributed by atoms with Crippen molar-refractivity contribution in [2.24, 2.45) is 0 Å². The Labute approximate surface area is 181 Å². The van der Waals surface area contributed by atoms with Gasteiger partial charge in [-0.25, -0.2) is 12.8 Å². The highest BCUT2D eigenvalue weighted by molar-refractivity contribution is 7.92. The zero-order chi connectivity index (χ0) is 22.4. The molecule has 1 amide bonds. The number of likely N-dealkylation sites (N-methyl/N-ethyl adjacent to an activating group) is 1. The maximum absolute atomic E-state index is 13.8. The number of carbonyl (C=O) groups is 1. The molecule has 3 aromatic carbocycles. The average molecular weight is 442 g/mol. The molecule has 0 aromatic heterocycles. The number of rotatable bonds is 8. The predicted octanol–water partition coefficient (Wildman–Crippen LogP) is 3.98. The lowest BCUT2D eigenvalue weighted by atomic mass is 10.1. The summed E-state index contributed by atoms with van der Waals surface area (Å²) in [6.45, 7) is 0.924. The molecule has 0 aliphatic heterocycles. The molecular formula is C23H24FN3O3S. The van der Waals surface area contributed by atoms with Gasteiger partial charge in [0.1, 0.15) is 5.82 Å². The van der Waals surface area contributed by atoms with Crippen LogP contribution in [0.2, 0.25) is 0 Å². The third kappa shape index (κ3) is 6.13. The van der Waals surface area contributed by atoms with E-state index < -0.39 is 21.7 Å². The maximum Gasteiger partial charge on any atom is 0.262 e. The number of halogens is 1. The molecule has 0 fully saturated rings. The van der Waals surface area contributed by atoms with Crippen LogP contribution in [0.15, 0.2) is 77.7 Å². The number of anilines is 2. The van der Waals surface area contributed by atoms with Crippen LogP contribution in [-0.4, -0.2) is 39.9 Å². The first-order chi connectivity index (χ1) is 14.7. The standard InChI is InChI=1S/C23H24FN3O3S/c1-27(2)15-14-17-10-12-19(13-11-17)25-23(28)18-6-5-7-20(16-18)31(29,30)26-22-9-4-3-8-21(22)24/h3-13,16,26H,14-15H2,1-2H3,(H,25,28). The van der Waals surface area contributed by atoms with Crippen molar-refractivity contribution in [3.63, 3.8) is 0 Å². The van der Waals surface area contributed by atoms with E-state index in [1.807, 2.05) is 38.4 Å². The number of nitrogens with zero attached hydrogens (tertiary/aromatic N) is 1. The summed E-state index contributed by atoms with van der Waals surface area (Å²) >= 11 is 0. The van der Waals surface area contributed by atoms with Crippen molar-refractivity contribution < 1.29 is 17.6 Å². The van der Waals surface area contributed by atoms with Crippen molar-refractivity contribution in [3.8, 4) is 0 Å². The van der Waals surface area contributed by atoms with Crippen LogP contribution in [0.5, 0.6) is 0 Å². The average Bonchev–Trinajstić information content (AvgIpc) is 2.75. The number of benzene rings is 3. The Kier molecular flexibility index (Phi) is 7.04. The molecule has 0 atom stereocenters. The molecule has 0 saturated heterocycles. The fourth-order valence-corrected chi connectivity index (χ4v) is 3.98.